The number of H-pyrrole nitrogens is 1. The predicted molar refractivity (Wildman–Crippen MR) is 134 cm³/mol. The molecule has 178 valence electrons. The number of fused-ring (bicyclic) bond motifs is 4. The summed E-state index contributed by atoms with van der Waals surface area (Å²) >= 11 is 0. The number of nitrogens with one attached hydrogen (secondary N) is 2. The zero-order valence-corrected chi connectivity index (χ0v) is 19.5. The molecule has 2 aromatic carbocycles. The van der Waals surface area contributed by atoms with E-state index in [0.29, 0.717) is 34.7 Å². The van der Waals surface area contributed by atoms with Crippen molar-refractivity contribution in [3.63, 3.8) is 0 Å². The van der Waals surface area contributed by atoms with Gasteiger partial charge in [-0.15, -0.1) is 0 Å². The molecule has 0 aliphatic heterocycles. The molecule has 8 rings (SSSR count). The van der Waals surface area contributed by atoms with Crippen molar-refractivity contribution in [1.29, 1.82) is 0 Å². The lowest BCUT2D eigenvalue weighted by atomic mass is 9.68. The number of halogens is 2. The van der Waals surface area contributed by atoms with E-state index in [1.54, 1.807) is 6.20 Å². The molecule has 2 bridgehead atoms. The fourth-order valence-corrected chi connectivity index (χ4v) is 6.22. The van der Waals surface area contributed by atoms with E-state index in [1.165, 1.54) is 56.6 Å². The Balaban J connectivity index is 1.31. The minimum absolute atomic E-state index is 0.267. The molecule has 4 fully saturated rings. The second-order valence-electron chi connectivity index (χ2n) is 10.6. The monoisotopic (exact) mass is 470 g/mol. The predicted octanol–water partition coefficient (Wildman–Crippen LogP) is 7.44. The first-order chi connectivity index (χ1) is 17.1. The maximum Gasteiger partial charge on any atom is 0.164 e. The van der Waals surface area contributed by atoms with Gasteiger partial charge in [0.2, 0.25) is 0 Å². The summed E-state index contributed by atoms with van der Waals surface area (Å²) in [5, 5.41) is 4.18. The lowest BCUT2D eigenvalue weighted by Gasteiger charge is -2.42. The molecule has 0 radical (unpaired) electrons. The first-order valence-electron chi connectivity index (χ1n) is 12.8. The van der Waals surface area contributed by atoms with Gasteiger partial charge in [-0.2, -0.15) is 0 Å². The van der Waals surface area contributed by atoms with Crippen LogP contribution in [0.4, 0.5) is 14.6 Å². The Hall–Kier alpha value is -3.28. The van der Waals surface area contributed by atoms with Gasteiger partial charge in [0.1, 0.15) is 17.5 Å². The van der Waals surface area contributed by atoms with Crippen LogP contribution in [0.3, 0.4) is 0 Å². The second kappa shape index (κ2) is 8.14. The average Bonchev–Trinajstić information content (AvgIpc) is 3.64. The van der Waals surface area contributed by atoms with E-state index in [4.69, 9.17) is 9.97 Å². The van der Waals surface area contributed by atoms with E-state index in [0.717, 1.165) is 29.1 Å². The molecule has 4 saturated carbocycles. The molecule has 0 spiro atoms. The molecule has 2 heterocycles. The summed E-state index contributed by atoms with van der Waals surface area (Å²) in [4.78, 5) is 12.7. The van der Waals surface area contributed by atoms with Crippen LogP contribution in [0.2, 0.25) is 0 Å². The van der Waals surface area contributed by atoms with Gasteiger partial charge in [-0.3, -0.25) is 0 Å². The number of aromatic amines is 1. The van der Waals surface area contributed by atoms with Crippen molar-refractivity contribution >= 4 is 16.7 Å². The Morgan fingerprint density at radius 1 is 0.886 bits per heavy atom. The van der Waals surface area contributed by atoms with Crippen molar-refractivity contribution in [1.82, 2.24) is 15.0 Å². The molecule has 2 N–H and O–H groups in total. The zero-order chi connectivity index (χ0) is 23.5. The maximum atomic E-state index is 14.4. The smallest absolute Gasteiger partial charge is 0.164 e. The van der Waals surface area contributed by atoms with E-state index in [2.05, 4.69) is 34.6 Å². The summed E-state index contributed by atoms with van der Waals surface area (Å²) in [7, 11) is 0. The van der Waals surface area contributed by atoms with E-state index in [1.807, 2.05) is 6.07 Å². The summed E-state index contributed by atoms with van der Waals surface area (Å²) in [6, 6.07) is 13.3. The average molecular weight is 471 g/mol. The largest absolute Gasteiger partial charge is 0.367 e. The highest BCUT2D eigenvalue weighted by Gasteiger charge is 2.35. The van der Waals surface area contributed by atoms with Crippen LogP contribution < -0.4 is 5.32 Å². The number of aromatic nitrogens is 3. The van der Waals surface area contributed by atoms with Crippen molar-refractivity contribution < 1.29 is 8.78 Å². The molecule has 4 aliphatic rings. The van der Waals surface area contributed by atoms with Gasteiger partial charge in [-0.1, -0.05) is 37.1 Å². The number of anilines is 1. The van der Waals surface area contributed by atoms with Crippen molar-refractivity contribution in [2.24, 2.45) is 11.8 Å². The van der Waals surface area contributed by atoms with Gasteiger partial charge in [-0.25, -0.2) is 18.7 Å². The van der Waals surface area contributed by atoms with Gasteiger partial charge in [-0.05, 0) is 61.5 Å². The van der Waals surface area contributed by atoms with Crippen LogP contribution in [0.1, 0.15) is 56.4 Å². The summed E-state index contributed by atoms with van der Waals surface area (Å²) in [6.45, 7) is 0. The highest BCUT2D eigenvalue weighted by Crippen LogP contribution is 2.43. The lowest BCUT2D eigenvalue weighted by Crippen LogP contribution is -2.40. The Morgan fingerprint density at radius 3 is 2.40 bits per heavy atom. The van der Waals surface area contributed by atoms with Gasteiger partial charge in [0.05, 0.1) is 11.2 Å². The van der Waals surface area contributed by atoms with Gasteiger partial charge in [0.25, 0.3) is 0 Å². The third-order valence-electron chi connectivity index (χ3n) is 8.31. The first kappa shape index (κ1) is 21.0. The van der Waals surface area contributed by atoms with Gasteiger partial charge < -0.3 is 10.3 Å². The third kappa shape index (κ3) is 3.89. The van der Waals surface area contributed by atoms with Crippen LogP contribution in [0, 0.1) is 23.5 Å². The molecule has 4 aromatic rings. The van der Waals surface area contributed by atoms with Crippen molar-refractivity contribution in [3.8, 4) is 22.6 Å². The van der Waals surface area contributed by atoms with E-state index in [-0.39, 0.29) is 5.52 Å². The molecule has 4 nitrogen and oxygen atoms in total. The van der Waals surface area contributed by atoms with Crippen LogP contribution in [0.15, 0.2) is 48.7 Å². The van der Waals surface area contributed by atoms with E-state index < -0.39 is 11.6 Å². The van der Waals surface area contributed by atoms with Crippen LogP contribution >= 0.6 is 0 Å². The molecule has 6 heteroatoms. The minimum Gasteiger partial charge on any atom is -0.367 e. The summed E-state index contributed by atoms with van der Waals surface area (Å²) < 4.78 is 28.5. The molecule has 0 unspecified atom stereocenters. The van der Waals surface area contributed by atoms with Crippen LogP contribution in [0.5, 0.6) is 0 Å². The van der Waals surface area contributed by atoms with Crippen molar-refractivity contribution in [3.05, 3.63) is 65.9 Å². The zero-order valence-electron chi connectivity index (χ0n) is 19.5. The van der Waals surface area contributed by atoms with Crippen LogP contribution in [0.25, 0.3) is 33.5 Å². The highest BCUT2D eigenvalue weighted by atomic mass is 19.1. The maximum absolute atomic E-state index is 14.4. The fourth-order valence-electron chi connectivity index (χ4n) is 6.22. The SMILES string of the molecule is Fc1cc(F)c2[nH]cc(-c3nc(N[C@@H]4CC5CCC4CC5)cc(-c4ccc(C5CC5)cc4)n3)c2c1. The molecule has 0 saturated heterocycles. The van der Waals surface area contributed by atoms with Gasteiger partial charge >= 0.3 is 0 Å². The third-order valence-corrected chi connectivity index (χ3v) is 8.31. The summed E-state index contributed by atoms with van der Waals surface area (Å²) in [5.41, 5.74) is 4.07. The lowest BCUT2D eigenvalue weighted by molar-refractivity contribution is 0.157. The number of rotatable bonds is 5. The topological polar surface area (TPSA) is 53.6 Å². The summed E-state index contributed by atoms with van der Waals surface area (Å²) in [5.74, 6) is 2.19. The number of benzene rings is 2. The Kier molecular flexibility index (Phi) is 4.90. The molecule has 4 aliphatic carbocycles. The van der Waals surface area contributed by atoms with Crippen LogP contribution in [-0.2, 0) is 0 Å². The number of hydrogen-bond donors (Lipinski definition) is 2. The van der Waals surface area contributed by atoms with Crippen molar-refractivity contribution in [2.45, 2.75) is 56.9 Å². The Labute approximate surface area is 203 Å². The Morgan fingerprint density at radius 2 is 1.69 bits per heavy atom. The van der Waals surface area contributed by atoms with Crippen molar-refractivity contribution in [2.75, 3.05) is 5.32 Å². The van der Waals surface area contributed by atoms with E-state index in [9.17, 15) is 8.78 Å². The number of hydrogen-bond acceptors (Lipinski definition) is 3. The Bertz CT molecular complexity index is 1400. The quantitative estimate of drug-likeness (QED) is 0.319. The molecule has 1 atom stereocenters. The molecular formula is C29H28F2N4. The number of nitrogens with zero attached hydrogens (tertiary/aromatic N) is 2. The minimum atomic E-state index is -0.616. The van der Waals surface area contributed by atoms with Crippen LogP contribution in [-0.4, -0.2) is 21.0 Å². The summed E-state index contributed by atoms with van der Waals surface area (Å²) in [6.07, 6.45) is 10.6. The fraction of sp³-hybridized carbons (Fsp3) is 0.379. The molecule has 35 heavy (non-hydrogen) atoms. The normalized spacial score (nSPS) is 23.7. The highest BCUT2D eigenvalue weighted by molar-refractivity contribution is 5.94. The van der Waals surface area contributed by atoms with Gasteiger partial charge in [0.15, 0.2) is 5.82 Å². The van der Waals surface area contributed by atoms with E-state index >= 15 is 0 Å². The molecular weight excluding hydrogens is 442 g/mol. The van der Waals surface area contributed by atoms with Gasteiger partial charge in [0, 0.05) is 40.9 Å². The first-order valence-corrected chi connectivity index (χ1v) is 12.8. The second-order valence-corrected chi connectivity index (χ2v) is 10.6. The standard InChI is InChI=1S/C29H28F2N4/c30-21-12-22-23(15-32-28(22)24(31)13-21)29-34-26(20-9-7-18(8-10-20)17-5-6-17)14-27(35-29)33-25-11-16-1-3-19(25)4-2-16/h7-10,12-17,19,25,32H,1-6,11H2,(H,33,34,35)/t16?,19?,25-/m1/s1. The molecule has 2 aromatic heterocycles. The molecule has 0 amide bonds.